The molecule has 19 heavy (non-hydrogen) atoms. The summed E-state index contributed by atoms with van der Waals surface area (Å²) in [4.78, 5) is 5.50. The molecule has 0 bridgehead atoms. The highest BCUT2D eigenvalue weighted by Gasteiger charge is 2.14. The summed E-state index contributed by atoms with van der Waals surface area (Å²) in [7, 11) is 0. The lowest BCUT2D eigenvalue weighted by Gasteiger charge is -1.96. The van der Waals surface area contributed by atoms with Gasteiger partial charge in [0.1, 0.15) is 11.4 Å². The van der Waals surface area contributed by atoms with Crippen molar-refractivity contribution in [2.24, 2.45) is 0 Å². The maximum atomic E-state index is 5.71. The van der Waals surface area contributed by atoms with Gasteiger partial charge in [0.2, 0.25) is 5.82 Å². The van der Waals surface area contributed by atoms with Crippen LogP contribution in [-0.4, -0.2) is 26.6 Å². The number of H-pyrrole nitrogens is 1. The third-order valence-electron chi connectivity index (χ3n) is 2.67. The second-order valence-electron chi connectivity index (χ2n) is 3.85. The topological polar surface area (TPSA) is 93.6 Å². The SMILES string of the molecule is CSc1ccc(-c2noc(-c3cn[nH]c3N)n2)cc1. The summed E-state index contributed by atoms with van der Waals surface area (Å²) < 4.78 is 5.19. The Hall–Kier alpha value is -2.28. The molecule has 0 atom stereocenters. The number of anilines is 1. The van der Waals surface area contributed by atoms with Crippen LogP contribution in [0.2, 0.25) is 0 Å². The lowest BCUT2D eigenvalue weighted by Crippen LogP contribution is -1.87. The molecule has 0 amide bonds. The van der Waals surface area contributed by atoms with Gasteiger partial charge >= 0.3 is 0 Å². The van der Waals surface area contributed by atoms with Crippen LogP contribution in [0.4, 0.5) is 5.82 Å². The number of nitrogens with one attached hydrogen (secondary N) is 1. The number of aromatic amines is 1. The number of aromatic nitrogens is 4. The van der Waals surface area contributed by atoms with Crippen LogP contribution in [-0.2, 0) is 0 Å². The normalized spacial score (nSPS) is 10.8. The van der Waals surface area contributed by atoms with E-state index >= 15 is 0 Å². The van der Waals surface area contributed by atoms with Gasteiger partial charge in [-0.25, -0.2) is 0 Å². The van der Waals surface area contributed by atoms with E-state index in [0.29, 0.717) is 23.1 Å². The summed E-state index contributed by atoms with van der Waals surface area (Å²) in [6, 6.07) is 7.95. The number of hydrogen-bond donors (Lipinski definition) is 2. The van der Waals surface area contributed by atoms with E-state index in [9.17, 15) is 0 Å². The van der Waals surface area contributed by atoms with E-state index < -0.39 is 0 Å². The van der Waals surface area contributed by atoms with Gasteiger partial charge in [-0.3, -0.25) is 5.10 Å². The Morgan fingerprint density at radius 2 is 2.05 bits per heavy atom. The van der Waals surface area contributed by atoms with Gasteiger partial charge in [0.25, 0.3) is 5.89 Å². The van der Waals surface area contributed by atoms with Crippen LogP contribution in [0.5, 0.6) is 0 Å². The van der Waals surface area contributed by atoms with Crippen LogP contribution in [0.3, 0.4) is 0 Å². The molecule has 7 heteroatoms. The first-order chi connectivity index (χ1) is 9.28. The van der Waals surface area contributed by atoms with E-state index in [2.05, 4.69) is 20.3 Å². The van der Waals surface area contributed by atoms with Crippen molar-refractivity contribution in [1.82, 2.24) is 20.3 Å². The molecule has 96 valence electrons. The molecule has 1 aromatic carbocycles. The molecule has 3 rings (SSSR count). The molecule has 0 saturated carbocycles. The van der Waals surface area contributed by atoms with Crippen molar-refractivity contribution in [2.45, 2.75) is 4.90 Å². The maximum Gasteiger partial charge on any atom is 0.263 e. The number of nitrogen functional groups attached to an aromatic ring is 1. The van der Waals surface area contributed by atoms with Gasteiger partial charge in [-0.2, -0.15) is 10.1 Å². The van der Waals surface area contributed by atoms with E-state index in [1.807, 2.05) is 30.5 Å². The largest absolute Gasteiger partial charge is 0.383 e. The molecule has 2 heterocycles. The van der Waals surface area contributed by atoms with Gasteiger partial charge < -0.3 is 10.3 Å². The molecular formula is C12H11N5OS. The third kappa shape index (κ3) is 2.19. The van der Waals surface area contributed by atoms with Gasteiger partial charge in [0.05, 0.1) is 6.20 Å². The van der Waals surface area contributed by atoms with Gasteiger partial charge in [-0.15, -0.1) is 11.8 Å². The Balaban J connectivity index is 1.94. The quantitative estimate of drug-likeness (QED) is 0.712. The molecule has 0 spiro atoms. The Morgan fingerprint density at radius 3 is 2.68 bits per heavy atom. The van der Waals surface area contributed by atoms with Crippen LogP contribution in [0.1, 0.15) is 0 Å². The van der Waals surface area contributed by atoms with Crippen molar-refractivity contribution in [3.05, 3.63) is 30.5 Å². The summed E-state index contributed by atoms with van der Waals surface area (Å²) in [6.45, 7) is 0. The summed E-state index contributed by atoms with van der Waals surface area (Å²) in [5.74, 6) is 1.30. The Labute approximate surface area is 113 Å². The number of rotatable bonds is 3. The van der Waals surface area contributed by atoms with Gasteiger partial charge in [-0.05, 0) is 30.5 Å². The van der Waals surface area contributed by atoms with E-state index in [0.717, 1.165) is 5.56 Å². The first kappa shape index (κ1) is 11.8. The molecular weight excluding hydrogens is 262 g/mol. The third-order valence-corrected chi connectivity index (χ3v) is 3.42. The van der Waals surface area contributed by atoms with E-state index in [1.165, 1.54) is 4.90 Å². The van der Waals surface area contributed by atoms with Crippen molar-refractivity contribution in [3.63, 3.8) is 0 Å². The van der Waals surface area contributed by atoms with Gasteiger partial charge in [0.15, 0.2) is 0 Å². The minimum atomic E-state index is 0.357. The minimum Gasteiger partial charge on any atom is -0.383 e. The molecule has 2 aromatic heterocycles. The van der Waals surface area contributed by atoms with Crippen LogP contribution >= 0.6 is 11.8 Å². The van der Waals surface area contributed by atoms with Crippen molar-refractivity contribution in [1.29, 1.82) is 0 Å². The van der Waals surface area contributed by atoms with Gasteiger partial charge in [-0.1, -0.05) is 5.16 Å². The second kappa shape index (κ2) is 4.77. The number of thioether (sulfide) groups is 1. The second-order valence-corrected chi connectivity index (χ2v) is 4.73. The average Bonchev–Trinajstić information content (AvgIpc) is 3.07. The van der Waals surface area contributed by atoms with Crippen molar-refractivity contribution in [2.75, 3.05) is 12.0 Å². The fourth-order valence-electron chi connectivity index (χ4n) is 1.66. The summed E-state index contributed by atoms with van der Waals surface area (Å²) in [5.41, 5.74) is 7.22. The zero-order valence-electron chi connectivity index (χ0n) is 10.1. The Kier molecular flexibility index (Phi) is 2.96. The minimum absolute atomic E-state index is 0.357. The lowest BCUT2D eigenvalue weighted by atomic mass is 10.2. The molecule has 0 unspecified atom stereocenters. The number of nitrogens with zero attached hydrogens (tertiary/aromatic N) is 3. The molecule has 3 aromatic rings. The molecule has 0 radical (unpaired) electrons. The molecule has 0 saturated heterocycles. The number of nitrogens with two attached hydrogens (primary N) is 1. The molecule has 3 N–H and O–H groups in total. The van der Waals surface area contributed by atoms with Crippen molar-refractivity contribution < 1.29 is 4.52 Å². The average molecular weight is 273 g/mol. The highest BCUT2D eigenvalue weighted by molar-refractivity contribution is 7.98. The van der Waals surface area contributed by atoms with Crippen LogP contribution in [0.25, 0.3) is 22.8 Å². The lowest BCUT2D eigenvalue weighted by molar-refractivity contribution is 0.432. The monoisotopic (exact) mass is 273 g/mol. The Morgan fingerprint density at radius 1 is 1.26 bits per heavy atom. The Bertz CT molecular complexity index is 688. The standard InChI is InChI=1S/C12H11N5OS/c1-19-8-4-2-7(3-5-8)11-15-12(18-17-11)9-6-14-16-10(9)13/h2-6H,1H3,(H3,13,14,16). The number of hydrogen-bond acceptors (Lipinski definition) is 6. The first-order valence-electron chi connectivity index (χ1n) is 5.55. The van der Waals surface area contributed by atoms with Crippen molar-refractivity contribution in [3.8, 4) is 22.8 Å². The molecule has 6 nitrogen and oxygen atoms in total. The predicted molar refractivity (Wildman–Crippen MR) is 73.5 cm³/mol. The zero-order valence-corrected chi connectivity index (χ0v) is 10.9. The fourth-order valence-corrected chi connectivity index (χ4v) is 2.07. The maximum absolute atomic E-state index is 5.71. The van der Waals surface area contributed by atoms with E-state index in [4.69, 9.17) is 10.3 Å². The molecule has 0 aliphatic carbocycles. The van der Waals surface area contributed by atoms with Crippen LogP contribution in [0, 0.1) is 0 Å². The van der Waals surface area contributed by atoms with Crippen LogP contribution in [0.15, 0.2) is 39.9 Å². The highest BCUT2D eigenvalue weighted by Crippen LogP contribution is 2.26. The molecule has 0 fully saturated rings. The van der Waals surface area contributed by atoms with Gasteiger partial charge in [0, 0.05) is 10.5 Å². The zero-order chi connectivity index (χ0) is 13.2. The van der Waals surface area contributed by atoms with Crippen LogP contribution < -0.4 is 5.73 Å². The summed E-state index contributed by atoms with van der Waals surface area (Å²) in [5, 5.41) is 10.4. The summed E-state index contributed by atoms with van der Waals surface area (Å²) >= 11 is 1.68. The first-order valence-corrected chi connectivity index (χ1v) is 6.78. The number of benzene rings is 1. The molecule has 0 aliphatic rings. The van der Waals surface area contributed by atoms with E-state index in [1.54, 1.807) is 18.0 Å². The molecule has 0 aliphatic heterocycles. The van der Waals surface area contributed by atoms with E-state index in [-0.39, 0.29) is 0 Å². The fraction of sp³-hybridized carbons (Fsp3) is 0.0833. The smallest absolute Gasteiger partial charge is 0.263 e. The summed E-state index contributed by atoms with van der Waals surface area (Å²) in [6.07, 6.45) is 3.59. The van der Waals surface area contributed by atoms with Crippen molar-refractivity contribution >= 4 is 17.6 Å². The highest BCUT2D eigenvalue weighted by atomic mass is 32.2. The predicted octanol–water partition coefficient (Wildman–Crippen LogP) is 2.43.